The van der Waals surface area contributed by atoms with Crippen LogP contribution in [0.1, 0.15) is 45.4 Å². The van der Waals surface area contributed by atoms with Gasteiger partial charge in [-0.15, -0.1) is 0 Å². The summed E-state index contributed by atoms with van der Waals surface area (Å²) in [7, 11) is 0. The summed E-state index contributed by atoms with van der Waals surface area (Å²) in [6.07, 6.45) is 1.97. The molecular weight excluding hydrogens is 424 g/mol. The molecule has 32 heavy (non-hydrogen) atoms. The molecule has 0 spiro atoms. The molecule has 0 aliphatic carbocycles. The SMILES string of the molecule is CCCC(NC(=O)C(CCC(N)=O)NC(=O)CNC(=O)C1CCCN1)C(=O)NCC(=O)O. The Labute approximate surface area is 185 Å². The summed E-state index contributed by atoms with van der Waals surface area (Å²) in [5.41, 5.74) is 5.14. The number of amides is 5. The monoisotopic (exact) mass is 456 g/mol. The van der Waals surface area contributed by atoms with Crippen molar-refractivity contribution in [3.05, 3.63) is 0 Å². The molecule has 0 aromatic heterocycles. The standard InChI is InChI=1S/C19H32N6O7/c1-2-4-12(18(31)23-10-16(28)29)25-19(32)13(6-7-14(20)26)24-15(27)9-22-17(30)11-5-3-8-21-11/h11-13,21H,2-10H2,1H3,(H2,20,26)(H,22,30)(H,23,31)(H,24,27)(H,25,32)(H,28,29). The van der Waals surface area contributed by atoms with Gasteiger partial charge in [0.1, 0.15) is 18.6 Å². The molecule has 1 aliphatic heterocycles. The third kappa shape index (κ3) is 10.2. The Bertz CT molecular complexity index is 708. The summed E-state index contributed by atoms with van der Waals surface area (Å²) < 4.78 is 0. The van der Waals surface area contributed by atoms with Gasteiger partial charge in [-0.2, -0.15) is 0 Å². The van der Waals surface area contributed by atoms with Crippen LogP contribution in [0.4, 0.5) is 0 Å². The number of hydrogen-bond acceptors (Lipinski definition) is 7. The van der Waals surface area contributed by atoms with E-state index in [9.17, 15) is 28.8 Å². The first-order valence-corrected chi connectivity index (χ1v) is 10.5. The first kappa shape index (κ1) is 26.8. The van der Waals surface area contributed by atoms with Crippen LogP contribution in [-0.4, -0.2) is 78.4 Å². The average molecular weight is 457 g/mol. The number of nitrogens with two attached hydrogens (primary N) is 1. The molecule has 3 atom stereocenters. The third-order valence-electron chi connectivity index (χ3n) is 4.76. The number of carbonyl (C=O) groups excluding carboxylic acids is 5. The van der Waals surface area contributed by atoms with Gasteiger partial charge in [0.15, 0.2) is 0 Å². The van der Waals surface area contributed by atoms with E-state index in [-0.39, 0.29) is 37.8 Å². The zero-order valence-corrected chi connectivity index (χ0v) is 18.1. The van der Waals surface area contributed by atoms with Crippen molar-refractivity contribution < 1.29 is 33.9 Å². The normalized spacial score (nSPS) is 17.0. The third-order valence-corrected chi connectivity index (χ3v) is 4.76. The zero-order chi connectivity index (χ0) is 24.1. The van der Waals surface area contributed by atoms with E-state index in [0.29, 0.717) is 12.8 Å². The van der Waals surface area contributed by atoms with Crippen LogP contribution in [0.5, 0.6) is 0 Å². The summed E-state index contributed by atoms with van der Waals surface area (Å²) in [6.45, 7) is 1.53. The minimum absolute atomic E-state index is 0.110. The Kier molecular flexibility index (Phi) is 11.7. The van der Waals surface area contributed by atoms with E-state index >= 15 is 0 Å². The van der Waals surface area contributed by atoms with E-state index in [2.05, 4.69) is 26.6 Å². The largest absolute Gasteiger partial charge is 0.480 e. The van der Waals surface area contributed by atoms with Crippen molar-refractivity contribution in [2.75, 3.05) is 19.6 Å². The lowest BCUT2D eigenvalue weighted by Gasteiger charge is -2.23. The molecular formula is C19H32N6O7. The Morgan fingerprint density at radius 3 is 2.25 bits per heavy atom. The van der Waals surface area contributed by atoms with Crippen molar-refractivity contribution in [1.29, 1.82) is 0 Å². The maximum Gasteiger partial charge on any atom is 0.322 e. The van der Waals surface area contributed by atoms with E-state index in [1.165, 1.54) is 0 Å². The van der Waals surface area contributed by atoms with Gasteiger partial charge < -0.3 is 37.4 Å². The molecule has 0 bridgehead atoms. The first-order valence-electron chi connectivity index (χ1n) is 10.5. The molecule has 5 amide bonds. The van der Waals surface area contributed by atoms with Gasteiger partial charge in [0.2, 0.25) is 29.5 Å². The number of carboxylic acids is 1. The van der Waals surface area contributed by atoms with Crippen LogP contribution in [0, 0.1) is 0 Å². The summed E-state index contributed by atoms with van der Waals surface area (Å²) in [5, 5.41) is 21.3. The lowest BCUT2D eigenvalue weighted by Crippen LogP contribution is -2.55. The molecule has 0 aromatic rings. The minimum Gasteiger partial charge on any atom is -0.480 e. The van der Waals surface area contributed by atoms with Gasteiger partial charge in [-0.3, -0.25) is 28.8 Å². The summed E-state index contributed by atoms with van der Waals surface area (Å²) in [6, 6.07) is -2.56. The van der Waals surface area contributed by atoms with Gasteiger partial charge >= 0.3 is 5.97 Å². The van der Waals surface area contributed by atoms with Crippen LogP contribution in [0.15, 0.2) is 0 Å². The van der Waals surface area contributed by atoms with Crippen molar-refractivity contribution in [2.45, 2.75) is 63.6 Å². The predicted molar refractivity (Wildman–Crippen MR) is 112 cm³/mol. The molecule has 8 N–H and O–H groups in total. The Morgan fingerprint density at radius 2 is 1.69 bits per heavy atom. The molecule has 180 valence electrons. The van der Waals surface area contributed by atoms with Gasteiger partial charge in [-0.05, 0) is 32.2 Å². The molecule has 0 aromatic carbocycles. The smallest absolute Gasteiger partial charge is 0.322 e. The van der Waals surface area contributed by atoms with E-state index in [1.807, 2.05) is 0 Å². The number of rotatable bonds is 14. The highest BCUT2D eigenvalue weighted by molar-refractivity contribution is 5.94. The van der Waals surface area contributed by atoms with Crippen molar-refractivity contribution in [1.82, 2.24) is 26.6 Å². The van der Waals surface area contributed by atoms with Crippen molar-refractivity contribution in [3.63, 3.8) is 0 Å². The first-order chi connectivity index (χ1) is 15.1. The maximum absolute atomic E-state index is 12.7. The molecule has 1 heterocycles. The number of aliphatic carboxylic acids is 1. The van der Waals surface area contributed by atoms with Crippen LogP contribution < -0.4 is 32.3 Å². The number of nitrogens with one attached hydrogen (secondary N) is 5. The van der Waals surface area contributed by atoms with E-state index in [4.69, 9.17) is 10.8 Å². The number of primary amides is 1. The molecule has 0 radical (unpaired) electrons. The predicted octanol–water partition coefficient (Wildman–Crippen LogP) is -2.91. The maximum atomic E-state index is 12.7. The Balaban J connectivity index is 2.70. The fraction of sp³-hybridized carbons (Fsp3) is 0.684. The fourth-order valence-corrected chi connectivity index (χ4v) is 3.12. The highest BCUT2D eigenvalue weighted by Gasteiger charge is 2.27. The molecule has 1 rings (SSSR count). The summed E-state index contributed by atoms with van der Waals surface area (Å²) in [4.78, 5) is 70.9. The lowest BCUT2D eigenvalue weighted by molar-refractivity contribution is -0.138. The van der Waals surface area contributed by atoms with E-state index in [1.54, 1.807) is 6.92 Å². The zero-order valence-electron chi connectivity index (χ0n) is 18.1. The van der Waals surface area contributed by atoms with Crippen molar-refractivity contribution in [3.8, 4) is 0 Å². The fourth-order valence-electron chi connectivity index (χ4n) is 3.12. The summed E-state index contributed by atoms with van der Waals surface area (Å²) >= 11 is 0. The second-order valence-corrected chi connectivity index (χ2v) is 7.45. The lowest BCUT2D eigenvalue weighted by atomic mass is 10.1. The van der Waals surface area contributed by atoms with E-state index in [0.717, 1.165) is 13.0 Å². The molecule has 13 nitrogen and oxygen atoms in total. The van der Waals surface area contributed by atoms with Gasteiger partial charge in [-0.25, -0.2) is 0 Å². The van der Waals surface area contributed by atoms with Crippen molar-refractivity contribution >= 4 is 35.5 Å². The van der Waals surface area contributed by atoms with Crippen LogP contribution in [0.3, 0.4) is 0 Å². The van der Waals surface area contributed by atoms with Gasteiger partial charge in [0.05, 0.1) is 12.6 Å². The highest BCUT2D eigenvalue weighted by atomic mass is 16.4. The van der Waals surface area contributed by atoms with E-state index < -0.39 is 48.2 Å². The minimum atomic E-state index is -1.23. The van der Waals surface area contributed by atoms with Crippen LogP contribution >= 0.6 is 0 Å². The molecule has 1 aliphatic rings. The molecule has 1 saturated heterocycles. The molecule has 3 unspecified atom stereocenters. The topological polar surface area (TPSA) is 209 Å². The highest BCUT2D eigenvalue weighted by Crippen LogP contribution is 2.05. The van der Waals surface area contributed by atoms with Crippen LogP contribution in [-0.2, 0) is 28.8 Å². The van der Waals surface area contributed by atoms with Gasteiger partial charge in [0, 0.05) is 6.42 Å². The van der Waals surface area contributed by atoms with Gasteiger partial charge in [0.25, 0.3) is 0 Å². The van der Waals surface area contributed by atoms with Crippen LogP contribution in [0.25, 0.3) is 0 Å². The van der Waals surface area contributed by atoms with Crippen molar-refractivity contribution in [2.24, 2.45) is 5.73 Å². The summed E-state index contributed by atoms with van der Waals surface area (Å²) in [5.74, 6) is -4.30. The molecule has 1 fully saturated rings. The number of carbonyl (C=O) groups is 6. The second kappa shape index (κ2) is 14.0. The van der Waals surface area contributed by atoms with Crippen LogP contribution in [0.2, 0.25) is 0 Å². The number of carboxylic acid groups (broad SMARTS) is 1. The number of hydrogen-bond donors (Lipinski definition) is 7. The molecule has 13 heteroatoms. The Hall–Kier alpha value is -3.22. The second-order valence-electron chi connectivity index (χ2n) is 7.45. The quantitative estimate of drug-likeness (QED) is 0.144. The molecule has 0 saturated carbocycles. The Morgan fingerprint density at radius 1 is 1.00 bits per heavy atom. The average Bonchev–Trinajstić information content (AvgIpc) is 3.27. The van der Waals surface area contributed by atoms with Gasteiger partial charge in [-0.1, -0.05) is 13.3 Å².